The Balaban J connectivity index is 2.22. The van der Waals surface area contributed by atoms with Crippen LogP contribution in [-0.4, -0.2) is 24.6 Å². The monoisotopic (exact) mass is 269 g/mol. The summed E-state index contributed by atoms with van der Waals surface area (Å²) >= 11 is 0. The molecule has 6 heteroatoms. The van der Waals surface area contributed by atoms with E-state index in [9.17, 15) is 4.79 Å². The molecule has 20 heavy (non-hydrogen) atoms. The van der Waals surface area contributed by atoms with Gasteiger partial charge in [-0.2, -0.15) is 9.50 Å². The van der Waals surface area contributed by atoms with Gasteiger partial charge in [-0.15, -0.1) is 0 Å². The first kappa shape index (κ1) is 12.5. The van der Waals surface area contributed by atoms with Gasteiger partial charge in [0.05, 0.1) is 5.69 Å². The Morgan fingerprint density at radius 1 is 1.25 bits per heavy atom. The summed E-state index contributed by atoms with van der Waals surface area (Å²) in [5.41, 5.74) is 2.31. The lowest BCUT2D eigenvalue weighted by Crippen LogP contribution is -2.21. The van der Waals surface area contributed by atoms with Gasteiger partial charge in [-0.05, 0) is 25.5 Å². The highest BCUT2D eigenvalue weighted by molar-refractivity contribution is 5.55. The summed E-state index contributed by atoms with van der Waals surface area (Å²) in [6, 6.07) is 3.67. The number of aromatic nitrogens is 5. The molecule has 0 bridgehead atoms. The normalized spacial score (nSPS) is 11.1. The summed E-state index contributed by atoms with van der Waals surface area (Å²) in [6.45, 7) is 3.90. The van der Waals surface area contributed by atoms with E-state index in [-0.39, 0.29) is 5.56 Å². The van der Waals surface area contributed by atoms with Gasteiger partial charge in [0.15, 0.2) is 5.82 Å². The van der Waals surface area contributed by atoms with E-state index in [2.05, 4.69) is 20.1 Å². The molecular formula is C14H15N5O. The zero-order chi connectivity index (χ0) is 14.1. The SMILES string of the molecule is CCCc1c(C)nc2nc(-c3ccncc3)[nH]n2c1=O. The van der Waals surface area contributed by atoms with Crippen molar-refractivity contribution >= 4 is 5.78 Å². The number of H-pyrrole nitrogens is 1. The first-order chi connectivity index (χ1) is 9.70. The average molecular weight is 269 g/mol. The summed E-state index contributed by atoms with van der Waals surface area (Å²) in [5.74, 6) is 1.02. The predicted molar refractivity (Wildman–Crippen MR) is 75.6 cm³/mol. The van der Waals surface area contributed by atoms with Crippen molar-refractivity contribution in [2.45, 2.75) is 26.7 Å². The molecule has 0 aliphatic rings. The Kier molecular flexibility index (Phi) is 3.06. The summed E-state index contributed by atoms with van der Waals surface area (Å²) in [6.07, 6.45) is 5.01. The quantitative estimate of drug-likeness (QED) is 0.785. The molecular weight excluding hydrogens is 254 g/mol. The van der Waals surface area contributed by atoms with E-state index in [0.29, 0.717) is 11.6 Å². The number of nitrogens with zero attached hydrogens (tertiary/aromatic N) is 4. The smallest absolute Gasteiger partial charge is 0.271 e. The molecule has 0 amide bonds. The standard InChI is InChI=1S/C14H15N5O/c1-3-4-11-9(2)16-14-17-12(18-19(14)13(11)20)10-5-7-15-8-6-10/h5-8H,3-4H2,1-2H3,(H,16,17,18). The summed E-state index contributed by atoms with van der Waals surface area (Å²) in [4.78, 5) is 25.2. The largest absolute Gasteiger partial charge is 0.277 e. The van der Waals surface area contributed by atoms with Crippen LogP contribution in [0.15, 0.2) is 29.3 Å². The number of aromatic amines is 1. The number of aryl methyl sites for hydroxylation is 1. The highest BCUT2D eigenvalue weighted by Crippen LogP contribution is 2.14. The van der Waals surface area contributed by atoms with Gasteiger partial charge < -0.3 is 0 Å². The highest BCUT2D eigenvalue weighted by atomic mass is 16.1. The van der Waals surface area contributed by atoms with Gasteiger partial charge in [-0.1, -0.05) is 13.3 Å². The van der Waals surface area contributed by atoms with Crippen molar-refractivity contribution in [3.8, 4) is 11.4 Å². The van der Waals surface area contributed by atoms with Crippen LogP contribution in [0.1, 0.15) is 24.6 Å². The Morgan fingerprint density at radius 3 is 2.70 bits per heavy atom. The van der Waals surface area contributed by atoms with Gasteiger partial charge in [0.2, 0.25) is 0 Å². The minimum Gasteiger partial charge on any atom is -0.271 e. The number of fused-ring (bicyclic) bond motifs is 1. The molecule has 0 spiro atoms. The third-order valence-corrected chi connectivity index (χ3v) is 3.25. The number of hydrogen-bond donors (Lipinski definition) is 1. The van der Waals surface area contributed by atoms with E-state index < -0.39 is 0 Å². The van der Waals surface area contributed by atoms with E-state index in [1.807, 2.05) is 26.0 Å². The second-order valence-corrected chi connectivity index (χ2v) is 4.67. The van der Waals surface area contributed by atoms with Crippen LogP contribution in [0.25, 0.3) is 17.2 Å². The fourth-order valence-electron chi connectivity index (χ4n) is 2.23. The van der Waals surface area contributed by atoms with Crippen molar-refractivity contribution in [1.29, 1.82) is 0 Å². The third kappa shape index (κ3) is 1.99. The zero-order valence-electron chi connectivity index (χ0n) is 11.4. The molecule has 3 rings (SSSR count). The second-order valence-electron chi connectivity index (χ2n) is 4.67. The van der Waals surface area contributed by atoms with E-state index in [0.717, 1.165) is 29.7 Å². The van der Waals surface area contributed by atoms with Crippen LogP contribution in [0.3, 0.4) is 0 Å². The number of pyridine rings is 1. The van der Waals surface area contributed by atoms with Crippen molar-refractivity contribution in [3.63, 3.8) is 0 Å². The van der Waals surface area contributed by atoms with Crippen molar-refractivity contribution in [2.75, 3.05) is 0 Å². The molecule has 0 saturated carbocycles. The van der Waals surface area contributed by atoms with E-state index >= 15 is 0 Å². The lowest BCUT2D eigenvalue weighted by molar-refractivity contribution is 0.818. The van der Waals surface area contributed by atoms with Crippen LogP contribution in [-0.2, 0) is 6.42 Å². The molecule has 0 aliphatic heterocycles. The maximum atomic E-state index is 12.4. The molecule has 0 radical (unpaired) electrons. The number of rotatable bonds is 3. The summed E-state index contributed by atoms with van der Waals surface area (Å²) < 4.78 is 1.41. The minimum atomic E-state index is -0.0674. The lowest BCUT2D eigenvalue weighted by Gasteiger charge is -2.02. The Labute approximate surface area is 115 Å². The summed E-state index contributed by atoms with van der Waals surface area (Å²) in [7, 11) is 0. The van der Waals surface area contributed by atoms with Gasteiger partial charge in [0, 0.05) is 23.5 Å². The van der Waals surface area contributed by atoms with E-state index in [1.54, 1.807) is 12.4 Å². The Bertz CT molecular complexity index is 804. The molecule has 0 unspecified atom stereocenters. The lowest BCUT2D eigenvalue weighted by atomic mass is 10.1. The Morgan fingerprint density at radius 2 is 2.00 bits per heavy atom. The first-order valence-electron chi connectivity index (χ1n) is 6.59. The van der Waals surface area contributed by atoms with Crippen molar-refractivity contribution in [3.05, 3.63) is 46.1 Å². The maximum absolute atomic E-state index is 12.4. The van der Waals surface area contributed by atoms with Gasteiger partial charge >= 0.3 is 0 Å². The number of nitrogens with one attached hydrogen (secondary N) is 1. The zero-order valence-corrected chi connectivity index (χ0v) is 11.4. The molecule has 6 nitrogen and oxygen atoms in total. The van der Waals surface area contributed by atoms with Crippen molar-refractivity contribution in [1.82, 2.24) is 24.6 Å². The fraction of sp³-hybridized carbons (Fsp3) is 0.286. The van der Waals surface area contributed by atoms with E-state index in [1.165, 1.54) is 4.52 Å². The molecule has 0 fully saturated rings. The molecule has 3 aromatic rings. The van der Waals surface area contributed by atoms with E-state index in [4.69, 9.17) is 0 Å². The molecule has 0 atom stereocenters. The molecule has 0 saturated heterocycles. The second kappa shape index (κ2) is 4.88. The maximum Gasteiger partial charge on any atom is 0.277 e. The Hall–Kier alpha value is -2.50. The van der Waals surface area contributed by atoms with Gasteiger partial charge in [-0.25, -0.2) is 4.98 Å². The fourth-order valence-corrected chi connectivity index (χ4v) is 2.23. The van der Waals surface area contributed by atoms with Crippen LogP contribution in [0.2, 0.25) is 0 Å². The topological polar surface area (TPSA) is 75.9 Å². The van der Waals surface area contributed by atoms with Crippen LogP contribution in [0, 0.1) is 6.92 Å². The predicted octanol–water partition coefficient (Wildman–Crippen LogP) is 1.74. The van der Waals surface area contributed by atoms with Crippen molar-refractivity contribution in [2.24, 2.45) is 0 Å². The van der Waals surface area contributed by atoms with Gasteiger partial charge in [0.25, 0.3) is 11.3 Å². The first-order valence-corrected chi connectivity index (χ1v) is 6.59. The molecule has 1 N–H and O–H groups in total. The molecule has 3 heterocycles. The highest BCUT2D eigenvalue weighted by Gasteiger charge is 2.13. The molecule has 0 aromatic carbocycles. The number of hydrogen-bond acceptors (Lipinski definition) is 4. The van der Waals surface area contributed by atoms with Gasteiger partial charge in [-0.3, -0.25) is 14.9 Å². The molecule has 3 aromatic heterocycles. The van der Waals surface area contributed by atoms with Crippen molar-refractivity contribution < 1.29 is 0 Å². The van der Waals surface area contributed by atoms with Crippen LogP contribution in [0.5, 0.6) is 0 Å². The van der Waals surface area contributed by atoms with Crippen LogP contribution >= 0.6 is 0 Å². The van der Waals surface area contributed by atoms with Crippen LogP contribution < -0.4 is 5.56 Å². The van der Waals surface area contributed by atoms with Crippen LogP contribution in [0.4, 0.5) is 0 Å². The molecule has 102 valence electrons. The summed E-state index contributed by atoms with van der Waals surface area (Å²) in [5, 5.41) is 3.01. The van der Waals surface area contributed by atoms with Gasteiger partial charge in [0.1, 0.15) is 0 Å². The minimum absolute atomic E-state index is 0.0674. The average Bonchev–Trinajstić information content (AvgIpc) is 2.88. The third-order valence-electron chi connectivity index (χ3n) is 3.25. The molecule has 0 aliphatic carbocycles.